The molecule has 0 radical (unpaired) electrons. The topological polar surface area (TPSA) is 89.6 Å². The van der Waals surface area contributed by atoms with Crippen molar-refractivity contribution in [3.8, 4) is 11.3 Å². The Kier molecular flexibility index (Phi) is 5.41. The van der Waals surface area contributed by atoms with Crippen molar-refractivity contribution in [1.82, 2.24) is 39.6 Å². The molecular formula is C25H23F2N9. The summed E-state index contributed by atoms with van der Waals surface area (Å²) in [6, 6.07) is 13.6. The van der Waals surface area contributed by atoms with Crippen molar-refractivity contribution in [2.24, 2.45) is 7.05 Å². The zero-order valence-corrected chi connectivity index (χ0v) is 19.7. The summed E-state index contributed by atoms with van der Waals surface area (Å²) in [5, 5.41) is 16.2. The molecule has 4 heterocycles. The van der Waals surface area contributed by atoms with E-state index in [1.807, 2.05) is 49.1 Å². The molecule has 1 fully saturated rings. The summed E-state index contributed by atoms with van der Waals surface area (Å²) in [4.78, 5) is 11.1. The molecule has 11 heteroatoms. The van der Waals surface area contributed by atoms with Gasteiger partial charge in [0.1, 0.15) is 11.3 Å². The first-order chi connectivity index (χ1) is 17.5. The van der Waals surface area contributed by atoms with Crippen molar-refractivity contribution in [2.75, 3.05) is 25.5 Å². The van der Waals surface area contributed by atoms with E-state index in [0.717, 1.165) is 40.2 Å². The van der Waals surface area contributed by atoms with E-state index < -0.39 is 11.6 Å². The summed E-state index contributed by atoms with van der Waals surface area (Å²) >= 11 is 0. The molecular weight excluding hydrogens is 464 g/mol. The number of fused-ring (bicyclic) bond motifs is 1. The van der Waals surface area contributed by atoms with Gasteiger partial charge < -0.3 is 10.2 Å². The molecule has 0 amide bonds. The summed E-state index contributed by atoms with van der Waals surface area (Å²) in [6.07, 6.45) is 3.39. The van der Waals surface area contributed by atoms with Gasteiger partial charge in [0.2, 0.25) is 5.95 Å². The summed E-state index contributed by atoms with van der Waals surface area (Å²) in [6.45, 7) is 1.43. The van der Waals surface area contributed by atoms with Crippen LogP contribution in [0.3, 0.4) is 0 Å². The number of hydrogen-bond acceptors (Lipinski definition) is 7. The molecule has 2 atom stereocenters. The highest BCUT2D eigenvalue weighted by Gasteiger charge is 2.35. The fraction of sp³-hybridized carbons (Fsp3) is 0.240. The Hall–Kier alpha value is -4.25. The van der Waals surface area contributed by atoms with Gasteiger partial charge in [-0.05, 0) is 42.9 Å². The number of nitrogens with one attached hydrogen (secondary N) is 1. The van der Waals surface area contributed by atoms with Crippen LogP contribution in [0.1, 0.15) is 17.5 Å². The average Bonchev–Trinajstić information content (AvgIpc) is 3.59. The third-order valence-corrected chi connectivity index (χ3v) is 6.64. The lowest BCUT2D eigenvalue weighted by Crippen LogP contribution is -2.19. The maximum Gasteiger partial charge on any atom is 0.228 e. The van der Waals surface area contributed by atoms with Crippen LogP contribution in [-0.2, 0) is 7.05 Å². The van der Waals surface area contributed by atoms with Gasteiger partial charge in [-0.15, -0.1) is 5.10 Å². The van der Waals surface area contributed by atoms with Crippen LogP contribution < -0.4 is 5.32 Å². The highest BCUT2D eigenvalue weighted by Crippen LogP contribution is 2.37. The summed E-state index contributed by atoms with van der Waals surface area (Å²) in [5.41, 5.74) is 3.97. The van der Waals surface area contributed by atoms with E-state index in [9.17, 15) is 8.78 Å². The molecule has 2 aromatic carbocycles. The molecule has 182 valence electrons. The van der Waals surface area contributed by atoms with Gasteiger partial charge in [0.25, 0.3) is 0 Å². The Morgan fingerprint density at radius 3 is 2.64 bits per heavy atom. The minimum absolute atomic E-state index is 0.0443. The zero-order valence-electron chi connectivity index (χ0n) is 19.7. The number of anilines is 2. The van der Waals surface area contributed by atoms with Gasteiger partial charge in [0.15, 0.2) is 11.6 Å². The lowest BCUT2D eigenvalue weighted by Gasteiger charge is -2.20. The largest absolute Gasteiger partial charge is 0.309 e. The minimum atomic E-state index is -0.844. The SMILES string of the molecule is CN1C[C@@H](c2ccc(F)c(F)c2)[C@@H](n2nnc3cc(-c4ccnc(Nc5ccnn5C)n4)ccc32)C1. The fourth-order valence-electron chi connectivity index (χ4n) is 4.83. The summed E-state index contributed by atoms with van der Waals surface area (Å²) in [5.74, 6) is -0.483. The number of likely N-dealkylation sites (N-methyl/N-ethyl adjacent to an activating group) is 1. The highest BCUT2D eigenvalue weighted by molar-refractivity contribution is 5.81. The first-order valence-corrected chi connectivity index (χ1v) is 11.5. The lowest BCUT2D eigenvalue weighted by molar-refractivity contribution is 0.382. The van der Waals surface area contributed by atoms with Crippen molar-refractivity contribution in [2.45, 2.75) is 12.0 Å². The molecule has 0 bridgehead atoms. The first kappa shape index (κ1) is 22.2. The summed E-state index contributed by atoms with van der Waals surface area (Å²) in [7, 11) is 3.85. The zero-order chi connectivity index (χ0) is 24.8. The first-order valence-electron chi connectivity index (χ1n) is 11.5. The molecule has 1 N–H and O–H groups in total. The van der Waals surface area contributed by atoms with E-state index >= 15 is 0 Å². The van der Waals surface area contributed by atoms with Gasteiger partial charge in [-0.3, -0.25) is 4.68 Å². The molecule has 1 aliphatic rings. The van der Waals surface area contributed by atoms with Crippen molar-refractivity contribution < 1.29 is 8.78 Å². The van der Waals surface area contributed by atoms with Gasteiger partial charge in [-0.1, -0.05) is 17.3 Å². The highest BCUT2D eigenvalue weighted by atomic mass is 19.2. The molecule has 1 saturated heterocycles. The van der Waals surface area contributed by atoms with E-state index in [4.69, 9.17) is 0 Å². The predicted octanol–water partition coefficient (Wildman–Crippen LogP) is 3.91. The lowest BCUT2D eigenvalue weighted by atomic mass is 9.94. The van der Waals surface area contributed by atoms with Gasteiger partial charge in [0, 0.05) is 43.9 Å². The third kappa shape index (κ3) is 3.97. The maximum atomic E-state index is 14.0. The molecule has 0 aliphatic carbocycles. The van der Waals surface area contributed by atoms with E-state index in [1.165, 1.54) is 12.1 Å². The number of halogens is 2. The van der Waals surface area contributed by atoms with Crippen LogP contribution in [0.4, 0.5) is 20.5 Å². The van der Waals surface area contributed by atoms with E-state index in [2.05, 4.69) is 35.6 Å². The van der Waals surface area contributed by atoms with Gasteiger partial charge in [-0.2, -0.15) is 5.10 Å². The van der Waals surface area contributed by atoms with Gasteiger partial charge >= 0.3 is 0 Å². The molecule has 5 aromatic rings. The van der Waals surface area contributed by atoms with Crippen LogP contribution in [0.2, 0.25) is 0 Å². The second-order valence-corrected chi connectivity index (χ2v) is 9.04. The van der Waals surface area contributed by atoms with Gasteiger partial charge in [-0.25, -0.2) is 23.4 Å². The third-order valence-electron chi connectivity index (χ3n) is 6.64. The Balaban J connectivity index is 1.31. The number of benzene rings is 2. The quantitative estimate of drug-likeness (QED) is 0.402. The van der Waals surface area contributed by atoms with Crippen molar-refractivity contribution in [3.05, 3.63) is 78.1 Å². The molecule has 6 rings (SSSR count). The van der Waals surface area contributed by atoms with Crippen molar-refractivity contribution in [1.29, 1.82) is 0 Å². The minimum Gasteiger partial charge on any atom is -0.309 e. The standard InChI is InChI=1S/C25H23F2N9/c1-34-13-17(15-3-5-18(26)19(27)11-15)23(14-34)36-22-6-4-16(12-21(22)32-33-36)20-7-9-28-25(30-20)31-24-8-10-29-35(24)2/h3-12,17,23H,13-14H2,1-2H3,(H,28,30,31)/t17-,23-/m0/s1. The molecule has 0 unspecified atom stereocenters. The van der Waals surface area contributed by atoms with Crippen LogP contribution >= 0.6 is 0 Å². The number of likely N-dealkylation sites (tertiary alicyclic amines) is 1. The van der Waals surface area contributed by atoms with E-state index in [1.54, 1.807) is 23.1 Å². The summed E-state index contributed by atoms with van der Waals surface area (Å²) < 4.78 is 31.1. The second-order valence-electron chi connectivity index (χ2n) is 9.04. The Morgan fingerprint density at radius 1 is 0.944 bits per heavy atom. The van der Waals surface area contributed by atoms with E-state index in [-0.39, 0.29) is 12.0 Å². The Labute approximate surface area is 205 Å². The average molecular weight is 488 g/mol. The maximum absolute atomic E-state index is 14.0. The van der Waals surface area contributed by atoms with Crippen LogP contribution in [0, 0.1) is 11.6 Å². The smallest absolute Gasteiger partial charge is 0.228 e. The molecule has 36 heavy (non-hydrogen) atoms. The van der Waals surface area contributed by atoms with Gasteiger partial charge in [0.05, 0.1) is 23.4 Å². The van der Waals surface area contributed by atoms with Crippen LogP contribution in [0.15, 0.2) is 60.9 Å². The molecule has 1 aliphatic heterocycles. The number of aryl methyl sites for hydroxylation is 1. The molecule has 0 saturated carbocycles. The number of hydrogen-bond donors (Lipinski definition) is 1. The number of rotatable bonds is 5. The van der Waals surface area contributed by atoms with Crippen LogP contribution in [0.25, 0.3) is 22.3 Å². The normalized spacial score (nSPS) is 18.2. The monoisotopic (exact) mass is 487 g/mol. The van der Waals surface area contributed by atoms with Crippen LogP contribution in [0.5, 0.6) is 0 Å². The Morgan fingerprint density at radius 2 is 1.83 bits per heavy atom. The fourth-order valence-corrected chi connectivity index (χ4v) is 4.83. The second kappa shape index (κ2) is 8.76. The van der Waals surface area contributed by atoms with Crippen molar-refractivity contribution >= 4 is 22.8 Å². The van der Waals surface area contributed by atoms with E-state index in [0.29, 0.717) is 12.5 Å². The molecule has 3 aromatic heterocycles. The number of aromatic nitrogens is 7. The Bertz CT molecular complexity index is 1560. The molecule has 9 nitrogen and oxygen atoms in total. The molecule has 0 spiro atoms. The number of nitrogens with zero attached hydrogens (tertiary/aromatic N) is 8. The van der Waals surface area contributed by atoms with Crippen LogP contribution in [-0.4, -0.2) is 59.8 Å². The predicted molar refractivity (Wildman–Crippen MR) is 131 cm³/mol. The van der Waals surface area contributed by atoms with Crippen molar-refractivity contribution in [3.63, 3.8) is 0 Å².